The van der Waals surface area contributed by atoms with Gasteiger partial charge in [0.2, 0.25) is 0 Å². The summed E-state index contributed by atoms with van der Waals surface area (Å²) in [6.45, 7) is 13.6. The third-order valence-corrected chi connectivity index (χ3v) is 3.92. The third kappa shape index (κ3) is 5.64. The molecule has 3 amide bonds. The molecule has 0 saturated carbocycles. The molecular formula is C18H30N4O4. The van der Waals surface area contributed by atoms with Crippen molar-refractivity contribution >= 4 is 17.9 Å². The van der Waals surface area contributed by atoms with Gasteiger partial charge in [-0.3, -0.25) is 5.32 Å². The average Bonchev–Trinajstić information content (AvgIpc) is 2.81. The molecule has 0 bridgehead atoms. The van der Waals surface area contributed by atoms with Crippen molar-refractivity contribution in [2.24, 2.45) is 0 Å². The second-order valence-corrected chi connectivity index (χ2v) is 8.56. The van der Waals surface area contributed by atoms with E-state index >= 15 is 0 Å². The molecule has 8 nitrogen and oxygen atoms in total. The number of carbonyl (C=O) groups is 2. The van der Waals surface area contributed by atoms with Crippen molar-refractivity contribution in [2.75, 3.05) is 31.5 Å². The van der Waals surface area contributed by atoms with Crippen LogP contribution in [0.5, 0.6) is 0 Å². The number of anilines is 1. The van der Waals surface area contributed by atoms with Gasteiger partial charge < -0.3 is 19.1 Å². The first-order valence-corrected chi connectivity index (χ1v) is 8.97. The molecular weight excluding hydrogens is 336 g/mol. The summed E-state index contributed by atoms with van der Waals surface area (Å²) in [5.74, 6) is 1.10. The van der Waals surface area contributed by atoms with Gasteiger partial charge in [-0.15, -0.1) is 0 Å². The Kier molecular flexibility index (Phi) is 5.83. The molecule has 0 aromatic carbocycles. The van der Waals surface area contributed by atoms with Crippen molar-refractivity contribution in [3.05, 3.63) is 11.8 Å². The first-order valence-electron chi connectivity index (χ1n) is 8.97. The van der Waals surface area contributed by atoms with E-state index < -0.39 is 5.60 Å². The van der Waals surface area contributed by atoms with Crippen LogP contribution in [0.3, 0.4) is 0 Å². The van der Waals surface area contributed by atoms with E-state index in [1.165, 1.54) is 0 Å². The molecule has 0 spiro atoms. The van der Waals surface area contributed by atoms with Crippen LogP contribution >= 0.6 is 0 Å². The number of ether oxygens (including phenoxy) is 1. The SMILES string of the molecule is CC(C)(C)OC(=O)N1CCCN(C(=O)Nc2cc(C(C)(C)C)on2)CC1. The Balaban J connectivity index is 1.91. The number of nitrogens with zero attached hydrogens (tertiary/aromatic N) is 3. The van der Waals surface area contributed by atoms with Gasteiger partial charge in [-0.25, -0.2) is 9.59 Å². The summed E-state index contributed by atoms with van der Waals surface area (Å²) in [5, 5.41) is 6.67. The maximum Gasteiger partial charge on any atom is 0.410 e. The molecule has 1 aromatic heterocycles. The van der Waals surface area contributed by atoms with Crippen LogP contribution in [0.15, 0.2) is 10.6 Å². The molecule has 0 aliphatic carbocycles. The third-order valence-electron chi connectivity index (χ3n) is 3.92. The standard InChI is InChI=1S/C18H30N4O4/c1-17(2,3)13-12-14(20-26-13)19-15(23)21-8-7-9-22(11-10-21)16(24)25-18(4,5)6/h12H,7-11H2,1-6H3,(H,19,20,23). The van der Waals surface area contributed by atoms with Crippen LogP contribution in [0.4, 0.5) is 15.4 Å². The second-order valence-electron chi connectivity index (χ2n) is 8.56. The maximum atomic E-state index is 12.5. The van der Waals surface area contributed by atoms with E-state index in [1.807, 2.05) is 41.5 Å². The number of carbonyl (C=O) groups excluding carboxylic acids is 2. The highest BCUT2D eigenvalue weighted by molar-refractivity contribution is 5.88. The molecule has 8 heteroatoms. The molecule has 1 aliphatic heterocycles. The van der Waals surface area contributed by atoms with Crippen molar-refractivity contribution in [1.82, 2.24) is 15.0 Å². The van der Waals surface area contributed by atoms with Crippen molar-refractivity contribution in [1.29, 1.82) is 0 Å². The molecule has 0 radical (unpaired) electrons. The Labute approximate surface area is 154 Å². The lowest BCUT2D eigenvalue weighted by molar-refractivity contribution is 0.0259. The van der Waals surface area contributed by atoms with Crippen LogP contribution in [0.1, 0.15) is 53.7 Å². The Bertz CT molecular complexity index is 642. The second kappa shape index (κ2) is 7.55. The minimum absolute atomic E-state index is 0.174. The number of hydrogen-bond donors (Lipinski definition) is 1. The summed E-state index contributed by atoms with van der Waals surface area (Å²) >= 11 is 0. The van der Waals surface area contributed by atoms with E-state index in [4.69, 9.17) is 9.26 Å². The number of amides is 3. The zero-order valence-electron chi connectivity index (χ0n) is 16.6. The predicted molar refractivity (Wildman–Crippen MR) is 98.2 cm³/mol. The molecule has 1 N–H and O–H groups in total. The summed E-state index contributed by atoms with van der Waals surface area (Å²) in [6.07, 6.45) is 0.352. The van der Waals surface area contributed by atoms with Gasteiger partial charge in [0, 0.05) is 37.7 Å². The quantitative estimate of drug-likeness (QED) is 0.822. The van der Waals surface area contributed by atoms with Crippen LogP contribution in [0.2, 0.25) is 0 Å². The highest BCUT2D eigenvalue weighted by Gasteiger charge is 2.26. The van der Waals surface area contributed by atoms with Gasteiger partial charge in [0.15, 0.2) is 5.82 Å². The maximum absolute atomic E-state index is 12.5. The summed E-state index contributed by atoms with van der Waals surface area (Å²) in [5.41, 5.74) is -0.704. The van der Waals surface area contributed by atoms with Crippen molar-refractivity contribution in [3.63, 3.8) is 0 Å². The average molecular weight is 366 g/mol. The molecule has 2 heterocycles. The van der Waals surface area contributed by atoms with Gasteiger partial charge in [-0.2, -0.15) is 0 Å². The summed E-state index contributed by atoms with van der Waals surface area (Å²) in [6, 6.07) is 1.49. The van der Waals surface area contributed by atoms with Gasteiger partial charge in [0.25, 0.3) is 0 Å². The van der Waals surface area contributed by atoms with E-state index in [1.54, 1.807) is 15.9 Å². The number of urea groups is 1. The first kappa shape index (κ1) is 20.1. The van der Waals surface area contributed by atoms with Crippen LogP contribution in [-0.2, 0) is 10.2 Å². The van der Waals surface area contributed by atoms with Crippen molar-refractivity contribution in [3.8, 4) is 0 Å². The van der Waals surface area contributed by atoms with Crippen LogP contribution in [-0.4, -0.2) is 58.9 Å². The molecule has 0 unspecified atom stereocenters. The molecule has 146 valence electrons. The lowest BCUT2D eigenvalue weighted by Crippen LogP contribution is -2.41. The number of hydrogen-bond acceptors (Lipinski definition) is 5. The Hall–Kier alpha value is -2.25. The van der Waals surface area contributed by atoms with Gasteiger partial charge in [-0.1, -0.05) is 25.9 Å². The fourth-order valence-electron chi connectivity index (χ4n) is 2.51. The van der Waals surface area contributed by atoms with Crippen LogP contribution in [0.25, 0.3) is 0 Å². The first-order chi connectivity index (χ1) is 12.0. The number of rotatable bonds is 1. The van der Waals surface area contributed by atoms with Gasteiger partial charge in [-0.05, 0) is 27.2 Å². The smallest absolute Gasteiger partial charge is 0.410 e. The predicted octanol–water partition coefficient (Wildman–Crippen LogP) is 3.45. The lowest BCUT2D eigenvalue weighted by Gasteiger charge is -2.26. The molecule has 0 atom stereocenters. The molecule has 1 aliphatic rings. The summed E-state index contributed by atoms with van der Waals surface area (Å²) in [4.78, 5) is 28.0. The number of aromatic nitrogens is 1. The monoisotopic (exact) mass is 366 g/mol. The minimum Gasteiger partial charge on any atom is -0.444 e. The molecule has 1 aromatic rings. The van der Waals surface area contributed by atoms with Crippen LogP contribution in [0, 0.1) is 0 Å². The minimum atomic E-state index is -0.530. The molecule has 1 saturated heterocycles. The fraction of sp³-hybridized carbons (Fsp3) is 0.722. The lowest BCUT2D eigenvalue weighted by atomic mass is 9.93. The topological polar surface area (TPSA) is 87.9 Å². The highest BCUT2D eigenvalue weighted by Crippen LogP contribution is 2.24. The van der Waals surface area contributed by atoms with E-state index in [2.05, 4.69) is 10.5 Å². The van der Waals surface area contributed by atoms with Crippen molar-refractivity contribution < 1.29 is 18.8 Å². The van der Waals surface area contributed by atoms with Gasteiger partial charge in [0.05, 0.1) is 0 Å². The summed E-state index contributed by atoms with van der Waals surface area (Å²) < 4.78 is 10.7. The Morgan fingerprint density at radius 2 is 1.69 bits per heavy atom. The molecule has 1 fully saturated rings. The zero-order chi connectivity index (χ0) is 19.5. The molecule has 26 heavy (non-hydrogen) atoms. The van der Waals surface area contributed by atoms with Crippen molar-refractivity contribution in [2.45, 2.75) is 59.0 Å². The highest BCUT2D eigenvalue weighted by atomic mass is 16.6. The van der Waals surface area contributed by atoms with Gasteiger partial charge in [0.1, 0.15) is 11.4 Å². The largest absolute Gasteiger partial charge is 0.444 e. The Morgan fingerprint density at radius 1 is 1.08 bits per heavy atom. The van der Waals surface area contributed by atoms with E-state index in [9.17, 15) is 9.59 Å². The normalized spacial score (nSPS) is 16.2. The zero-order valence-corrected chi connectivity index (χ0v) is 16.6. The molecule has 2 rings (SSSR count). The summed E-state index contributed by atoms with van der Waals surface area (Å²) in [7, 11) is 0. The van der Waals surface area contributed by atoms with E-state index in [0.717, 1.165) is 0 Å². The number of nitrogens with one attached hydrogen (secondary N) is 1. The fourth-order valence-corrected chi connectivity index (χ4v) is 2.51. The van der Waals surface area contributed by atoms with Crippen LogP contribution < -0.4 is 5.32 Å². The van der Waals surface area contributed by atoms with E-state index in [-0.39, 0.29) is 17.5 Å². The Morgan fingerprint density at radius 3 is 2.27 bits per heavy atom. The van der Waals surface area contributed by atoms with E-state index in [0.29, 0.717) is 44.2 Å². The van der Waals surface area contributed by atoms with Gasteiger partial charge >= 0.3 is 12.1 Å².